The van der Waals surface area contributed by atoms with Gasteiger partial charge in [0.15, 0.2) is 0 Å². The highest BCUT2D eigenvalue weighted by Gasteiger charge is 2.38. The Morgan fingerprint density at radius 3 is 2.05 bits per heavy atom. The van der Waals surface area contributed by atoms with Gasteiger partial charge in [0.2, 0.25) is 0 Å². The molecular formula is C14H14F3IO3. The van der Waals surface area contributed by atoms with Crippen LogP contribution in [0.3, 0.4) is 0 Å². The van der Waals surface area contributed by atoms with Crippen LogP contribution in [0.25, 0.3) is 0 Å². The highest BCUT2D eigenvalue weighted by molar-refractivity contribution is 14.1. The second-order valence-corrected chi connectivity index (χ2v) is 5.14. The number of carboxylic acids is 1. The lowest BCUT2D eigenvalue weighted by atomic mass is 9.82. The van der Waals surface area contributed by atoms with Gasteiger partial charge in [0.1, 0.15) is 5.60 Å². The van der Waals surface area contributed by atoms with Crippen LogP contribution < -0.4 is 0 Å². The number of hydrogen-bond donors (Lipinski definition) is 2. The molecule has 0 aliphatic heterocycles. The Morgan fingerprint density at radius 1 is 1.24 bits per heavy atom. The Hall–Kier alpha value is -1.09. The third-order valence-corrected chi connectivity index (χ3v) is 3.71. The van der Waals surface area contributed by atoms with Crippen LogP contribution in [0.5, 0.6) is 0 Å². The molecular weight excluding hydrogens is 400 g/mol. The lowest BCUT2D eigenvalue weighted by Gasteiger charge is -2.29. The van der Waals surface area contributed by atoms with Crippen LogP contribution in [-0.2, 0) is 16.6 Å². The summed E-state index contributed by atoms with van der Waals surface area (Å²) in [6.07, 6.45) is -3.91. The summed E-state index contributed by atoms with van der Waals surface area (Å²) >= 11 is 1.69. The van der Waals surface area contributed by atoms with Crippen LogP contribution in [0.4, 0.5) is 13.2 Å². The van der Waals surface area contributed by atoms with E-state index in [-0.39, 0.29) is 17.6 Å². The van der Waals surface area contributed by atoms with Gasteiger partial charge in [0.25, 0.3) is 0 Å². The molecule has 0 saturated heterocycles. The molecule has 1 atom stereocenters. The van der Waals surface area contributed by atoms with Gasteiger partial charge < -0.3 is 10.2 Å². The molecule has 0 fully saturated rings. The van der Waals surface area contributed by atoms with Gasteiger partial charge in [-0.2, -0.15) is 13.2 Å². The first-order valence-corrected chi connectivity index (χ1v) is 7.35. The fourth-order valence-corrected chi connectivity index (χ4v) is 2.83. The summed E-state index contributed by atoms with van der Waals surface area (Å²) < 4.78 is 38.9. The van der Waals surface area contributed by atoms with E-state index in [0.717, 1.165) is 24.3 Å². The van der Waals surface area contributed by atoms with Gasteiger partial charge >= 0.3 is 12.1 Å². The van der Waals surface area contributed by atoms with Crippen molar-refractivity contribution >= 4 is 28.6 Å². The van der Waals surface area contributed by atoms with Crippen molar-refractivity contribution in [1.82, 2.24) is 0 Å². The molecule has 0 radical (unpaired) electrons. The van der Waals surface area contributed by atoms with Gasteiger partial charge in [-0.3, -0.25) is 0 Å². The van der Waals surface area contributed by atoms with E-state index in [9.17, 15) is 23.1 Å². The summed E-state index contributed by atoms with van der Waals surface area (Å²) in [4.78, 5) is 11.2. The average molecular weight is 414 g/mol. The van der Waals surface area contributed by atoms with Gasteiger partial charge in [0, 0.05) is 0 Å². The molecule has 1 aromatic rings. The minimum atomic E-state index is -4.48. The Labute approximate surface area is 133 Å². The molecule has 1 aromatic carbocycles. The monoisotopic (exact) mass is 414 g/mol. The molecule has 7 heteroatoms. The van der Waals surface area contributed by atoms with Crippen molar-refractivity contribution in [3.05, 3.63) is 45.0 Å². The first-order valence-electron chi connectivity index (χ1n) is 6.11. The molecule has 2 N–H and O–H groups in total. The third kappa shape index (κ3) is 3.97. The first-order chi connectivity index (χ1) is 9.66. The quantitative estimate of drug-likeness (QED) is 0.564. The predicted octanol–water partition coefficient (Wildman–Crippen LogP) is 4.10. The molecule has 0 amide bonds. The fourth-order valence-electron chi connectivity index (χ4n) is 2.05. The van der Waals surface area contributed by atoms with Gasteiger partial charge in [-0.05, 0) is 28.2 Å². The highest BCUT2D eigenvalue weighted by atomic mass is 127. The topological polar surface area (TPSA) is 57.5 Å². The molecule has 116 valence electrons. The number of carboxylic acid groups (broad SMARTS) is 1. The van der Waals surface area contributed by atoms with Crippen LogP contribution in [0.1, 0.15) is 30.9 Å². The van der Waals surface area contributed by atoms with Crippen molar-refractivity contribution in [1.29, 1.82) is 0 Å². The predicted molar refractivity (Wildman–Crippen MR) is 80.0 cm³/mol. The third-order valence-electron chi connectivity index (χ3n) is 3.09. The molecule has 0 aromatic heterocycles. The summed E-state index contributed by atoms with van der Waals surface area (Å²) in [6.45, 7) is 1.75. The van der Waals surface area contributed by atoms with Crippen LogP contribution in [0.2, 0.25) is 0 Å². The molecule has 3 nitrogen and oxygen atoms in total. The summed E-state index contributed by atoms with van der Waals surface area (Å²) in [5.41, 5.74) is -2.79. The summed E-state index contributed by atoms with van der Waals surface area (Å²) in [5.74, 6) is -1.31. The number of alkyl halides is 3. The van der Waals surface area contributed by atoms with Gasteiger partial charge in [-0.1, -0.05) is 48.1 Å². The van der Waals surface area contributed by atoms with Gasteiger partial charge in [0.05, 0.1) is 11.1 Å². The second kappa shape index (κ2) is 6.78. The van der Waals surface area contributed by atoms with Crippen molar-refractivity contribution in [2.75, 3.05) is 0 Å². The molecule has 1 rings (SSSR count). The maximum absolute atomic E-state index is 12.5. The van der Waals surface area contributed by atoms with E-state index in [2.05, 4.69) is 0 Å². The molecule has 0 saturated carbocycles. The van der Waals surface area contributed by atoms with E-state index in [0.29, 0.717) is 6.42 Å². The van der Waals surface area contributed by atoms with E-state index in [1.165, 1.54) is 4.08 Å². The van der Waals surface area contributed by atoms with Crippen LogP contribution in [0, 0.1) is 0 Å². The van der Waals surface area contributed by atoms with Crippen molar-refractivity contribution in [2.45, 2.75) is 31.5 Å². The van der Waals surface area contributed by atoms with Crippen LogP contribution in [0.15, 0.2) is 33.9 Å². The maximum Gasteiger partial charge on any atom is 0.416 e. The van der Waals surface area contributed by atoms with E-state index >= 15 is 0 Å². The minimum absolute atomic E-state index is 0.0967. The summed E-state index contributed by atoms with van der Waals surface area (Å²) in [6, 6.07) is 3.90. The van der Waals surface area contributed by atoms with Crippen LogP contribution >= 0.6 is 22.6 Å². The number of carbonyl (C=O) groups is 1. The van der Waals surface area contributed by atoms with Crippen molar-refractivity contribution in [2.24, 2.45) is 0 Å². The number of benzene rings is 1. The molecule has 21 heavy (non-hydrogen) atoms. The van der Waals surface area contributed by atoms with Crippen molar-refractivity contribution in [3.63, 3.8) is 0 Å². The van der Waals surface area contributed by atoms with E-state index < -0.39 is 23.3 Å². The highest BCUT2D eigenvalue weighted by Crippen LogP contribution is 2.37. The summed E-state index contributed by atoms with van der Waals surface area (Å²) in [5, 5.41) is 19.8. The minimum Gasteiger partial charge on any atom is -0.478 e. The number of rotatable bonds is 5. The molecule has 0 heterocycles. The van der Waals surface area contributed by atoms with Crippen LogP contribution in [-0.4, -0.2) is 16.2 Å². The van der Waals surface area contributed by atoms with E-state index in [1.807, 2.05) is 0 Å². The van der Waals surface area contributed by atoms with Gasteiger partial charge in [-0.15, -0.1) is 0 Å². The largest absolute Gasteiger partial charge is 0.478 e. The first kappa shape index (κ1) is 18.0. The SMILES string of the molecule is CCCC(O)(C(=CI)C(=O)O)c1ccc(C(F)(F)F)cc1. The van der Waals surface area contributed by atoms with Gasteiger partial charge in [-0.25, -0.2) is 4.79 Å². The number of halogens is 4. The Kier molecular flexibility index (Phi) is 5.80. The zero-order valence-electron chi connectivity index (χ0n) is 11.1. The fraction of sp³-hybridized carbons (Fsp3) is 0.357. The number of aliphatic carboxylic acids is 1. The maximum atomic E-state index is 12.5. The van der Waals surface area contributed by atoms with E-state index in [1.54, 1.807) is 29.5 Å². The molecule has 0 aliphatic carbocycles. The number of hydrogen-bond acceptors (Lipinski definition) is 2. The van der Waals surface area contributed by atoms with Crippen molar-refractivity contribution in [3.8, 4) is 0 Å². The Bertz CT molecular complexity index is 537. The molecule has 0 spiro atoms. The van der Waals surface area contributed by atoms with E-state index in [4.69, 9.17) is 5.11 Å². The Balaban J connectivity index is 3.32. The zero-order chi connectivity index (χ0) is 16.3. The second-order valence-electron chi connectivity index (χ2n) is 4.51. The zero-order valence-corrected chi connectivity index (χ0v) is 13.3. The normalized spacial score (nSPS) is 15.6. The summed E-state index contributed by atoms with van der Waals surface area (Å²) in [7, 11) is 0. The lowest BCUT2D eigenvalue weighted by molar-refractivity contribution is -0.138. The standard InChI is InChI=1S/C14H14F3IO3/c1-2-7-13(21,11(8-18)12(19)20)9-3-5-10(6-4-9)14(15,16)17/h3-6,8,21H,2,7H2,1H3,(H,19,20). The van der Waals surface area contributed by atoms with Crippen molar-refractivity contribution < 1.29 is 28.2 Å². The molecule has 0 aliphatic rings. The average Bonchev–Trinajstić information content (AvgIpc) is 2.38. The smallest absolute Gasteiger partial charge is 0.416 e. The molecule has 1 unspecified atom stereocenters. The lowest BCUT2D eigenvalue weighted by Crippen LogP contribution is -2.32. The number of aliphatic hydroxyl groups is 1. The Morgan fingerprint density at radius 2 is 1.71 bits per heavy atom. The molecule has 0 bridgehead atoms.